The van der Waals surface area contributed by atoms with Crippen molar-refractivity contribution < 1.29 is 4.79 Å². The van der Waals surface area contributed by atoms with Gasteiger partial charge in [0.25, 0.3) is 0 Å². The highest BCUT2D eigenvalue weighted by Crippen LogP contribution is 2.31. The number of carbonyl (C=O) groups is 1. The van der Waals surface area contributed by atoms with E-state index in [-0.39, 0.29) is 11.8 Å². The summed E-state index contributed by atoms with van der Waals surface area (Å²) in [5, 5.41) is 0. The molecule has 0 bridgehead atoms. The van der Waals surface area contributed by atoms with Gasteiger partial charge in [-0.05, 0) is 18.9 Å². The third-order valence-electron chi connectivity index (χ3n) is 4.20. The molecule has 0 saturated carbocycles. The predicted octanol–water partition coefficient (Wildman–Crippen LogP) is 3.70. The van der Waals surface area contributed by atoms with Crippen molar-refractivity contribution in [2.24, 2.45) is 0 Å². The molecule has 0 aromatic heterocycles. The van der Waals surface area contributed by atoms with E-state index in [0.717, 1.165) is 18.5 Å². The second kappa shape index (κ2) is 5.59. The topological polar surface area (TPSA) is 20.3 Å². The number of nitrogens with zero attached hydrogens (tertiary/aromatic N) is 1. The first-order valence-electron chi connectivity index (χ1n) is 7.17. The number of carbonyl (C=O) groups excluding carboxylic acids is 1. The fourth-order valence-electron chi connectivity index (χ4n) is 2.87. The summed E-state index contributed by atoms with van der Waals surface area (Å²) in [6.45, 7) is 3.18. The van der Waals surface area contributed by atoms with Gasteiger partial charge >= 0.3 is 0 Å². The van der Waals surface area contributed by atoms with Crippen molar-refractivity contribution in [3.63, 3.8) is 0 Å². The van der Waals surface area contributed by atoms with Crippen LogP contribution < -0.4 is 0 Å². The lowest BCUT2D eigenvalue weighted by Gasteiger charge is -2.44. The highest BCUT2D eigenvalue weighted by molar-refractivity contribution is 6.00. The lowest BCUT2D eigenvalue weighted by molar-refractivity contribution is 0.0386. The molecule has 1 saturated heterocycles. The van der Waals surface area contributed by atoms with E-state index in [2.05, 4.69) is 36.1 Å². The largest absolute Gasteiger partial charge is 0.292 e. The molecular formula is C18H19NO. The molecule has 1 aliphatic heterocycles. The van der Waals surface area contributed by atoms with Crippen molar-refractivity contribution in [2.75, 3.05) is 6.54 Å². The van der Waals surface area contributed by atoms with Gasteiger partial charge in [0, 0.05) is 18.2 Å². The van der Waals surface area contributed by atoms with Gasteiger partial charge < -0.3 is 0 Å². The summed E-state index contributed by atoms with van der Waals surface area (Å²) in [6.07, 6.45) is 0.963. The van der Waals surface area contributed by atoms with Gasteiger partial charge in [-0.1, -0.05) is 60.7 Å². The molecule has 0 spiro atoms. The highest BCUT2D eigenvalue weighted by Gasteiger charge is 2.37. The van der Waals surface area contributed by atoms with E-state index in [4.69, 9.17) is 0 Å². The highest BCUT2D eigenvalue weighted by atomic mass is 16.1. The average molecular weight is 265 g/mol. The van der Waals surface area contributed by atoms with Gasteiger partial charge in [0.1, 0.15) is 0 Å². The molecule has 2 aromatic carbocycles. The molecule has 0 aliphatic carbocycles. The van der Waals surface area contributed by atoms with E-state index in [1.165, 1.54) is 5.56 Å². The van der Waals surface area contributed by atoms with Crippen LogP contribution in [0, 0.1) is 0 Å². The average Bonchev–Trinajstić information content (AvgIpc) is 2.48. The molecule has 2 aromatic rings. The summed E-state index contributed by atoms with van der Waals surface area (Å²) in [5.74, 6) is 0.250. The van der Waals surface area contributed by atoms with Crippen LogP contribution in [0.4, 0.5) is 0 Å². The summed E-state index contributed by atoms with van der Waals surface area (Å²) in [5.41, 5.74) is 2.10. The standard InChI is InChI=1S/C18H19NO/c1-14(15-8-4-2-5-9-15)19-13-12-17(19)18(20)16-10-6-3-7-11-16/h2-11,14,17H,12-13H2,1H3/t14-,17-/m1/s1. The number of rotatable bonds is 4. The Labute approximate surface area is 120 Å². The van der Waals surface area contributed by atoms with Crippen molar-refractivity contribution in [3.8, 4) is 0 Å². The molecule has 2 atom stereocenters. The first-order chi connectivity index (χ1) is 9.77. The lowest BCUT2D eigenvalue weighted by atomic mass is 9.90. The summed E-state index contributed by atoms with van der Waals surface area (Å²) < 4.78 is 0. The first-order valence-corrected chi connectivity index (χ1v) is 7.17. The lowest BCUT2D eigenvalue weighted by Crippen LogP contribution is -2.53. The normalized spacial score (nSPS) is 20.1. The monoisotopic (exact) mass is 265 g/mol. The summed E-state index contributed by atoms with van der Waals surface area (Å²) in [4.78, 5) is 14.8. The molecule has 20 heavy (non-hydrogen) atoms. The number of Topliss-reactive ketones (excluding diaryl/α,β-unsaturated/α-hetero) is 1. The number of hydrogen-bond acceptors (Lipinski definition) is 2. The number of ketones is 1. The van der Waals surface area contributed by atoms with Crippen molar-refractivity contribution >= 4 is 5.78 Å². The quantitative estimate of drug-likeness (QED) is 0.786. The van der Waals surface area contributed by atoms with Crippen LogP contribution in [0.15, 0.2) is 60.7 Å². The summed E-state index contributed by atoms with van der Waals surface area (Å²) in [6, 6.07) is 20.3. The Bertz CT molecular complexity index is 579. The Balaban J connectivity index is 1.75. The van der Waals surface area contributed by atoms with Crippen LogP contribution in [0.3, 0.4) is 0 Å². The van der Waals surface area contributed by atoms with Crippen molar-refractivity contribution in [2.45, 2.75) is 25.4 Å². The fraction of sp³-hybridized carbons (Fsp3) is 0.278. The molecule has 0 radical (unpaired) electrons. The van der Waals surface area contributed by atoms with Gasteiger partial charge in [0.15, 0.2) is 5.78 Å². The molecule has 1 heterocycles. The molecule has 0 unspecified atom stereocenters. The van der Waals surface area contributed by atoms with Crippen LogP contribution in [-0.2, 0) is 0 Å². The van der Waals surface area contributed by atoms with E-state index in [1.807, 2.05) is 36.4 Å². The maximum absolute atomic E-state index is 12.5. The van der Waals surface area contributed by atoms with Gasteiger partial charge in [-0.25, -0.2) is 0 Å². The maximum Gasteiger partial charge on any atom is 0.180 e. The predicted molar refractivity (Wildman–Crippen MR) is 80.7 cm³/mol. The van der Waals surface area contributed by atoms with Crippen molar-refractivity contribution in [1.82, 2.24) is 4.90 Å². The van der Waals surface area contributed by atoms with Gasteiger partial charge in [-0.15, -0.1) is 0 Å². The minimum absolute atomic E-state index is 0.0348. The van der Waals surface area contributed by atoms with E-state index >= 15 is 0 Å². The number of likely N-dealkylation sites (tertiary alicyclic amines) is 1. The van der Waals surface area contributed by atoms with Gasteiger partial charge in [-0.3, -0.25) is 9.69 Å². The van der Waals surface area contributed by atoms with E-state index in [0.29, 0.717) is 6.04 Å². The molecule has 1 aliphatic rings. The molecule has 0 amide bonds. The fourth-order valence-corrected chi connectivity index (χ4v) is 2.87. The maximum atomic E-state index is 12.5. The van der Waals surface area contributed by atoms with Gasteiger partial charge in [-0.2, -0.15) is 0 Å². The molecule has 0 N–H and O–H groups in total. The number of benzene rings is 2. The van der Waals surface area contributed by atoms with Crippen LogP contribution in [0.2, 0.25) is 0 Å². The molecule has 2 nitrogen and oxygen atoms in total. The van der Waals surface area contributed by atoms with Gasteiger partial charge in [0.05, 0.1) is 6.04 Å². The zero-order valence-electron chi connectivity index (χ0n) is 11.7. The molecular weight excluding hydrogens is 246 g/mol. The Morgan fingerprint density at radius 2 is 1.65 bits per heavy atom. The first kappa shape index (κ1) is 13.1. The molecule has 102 valence electrons. The van der Waals surface area contributed by atoms with E-state index < -0.39 is 0 Å². The smallest absolute Gasteiger partial charge is 0.180 e. The Hall–Kier alpha value is -1.93. The van der Waals surface area contributed by atoms with Crippen LogP contribution in [0.5, 0.6) is 0 Å². The molecule has 1 fully saturated rings. The van der Waals surface area contributed by atoms with Crippen molar-refractivity contribution in [3.05, 3.63) is 71.8 Å². The van der Waals surface area contributed by atoms with Crippen LogP contribution in [0.25, 0.3) is 0 Å². The minimum Gasteiger partial charge on any atom is -0.292 e. The van der Waals surface area contributed by atoms with E-state index in [1.54, 1.807) is 0 Å². The molecule has 2 heteroatoms. The van der Waals surface area contributed by atoms with Crippen LogP contribution in [-0.4, -0.2) is 23.3 Å². The second-order valence-electron chi connectivity index (χ2n) is 5.36. The van der Waals surface area contributed by atoms with Crippen LogP contribution >= 0.6 is 0 Å². The minimum atomic E-state index is 0.0348. The summed E-state index contributed by atoms with van der Waals surface area (Å²) in [7, 11) is 0. The Morgan fingerprint density at radius 1 is 1.05 bits per heavy atom. The molecule has 3 rings (SSSR count). The van der Waals surface area contributed by atoms with Crippen LogP contribution in [0.1, 0.15) is 35.3 Å². The Kier molecular flexibility index (Phi) is 3.66. The number of hydrogen-bond donors (Lipinski definition) is 0. The third-order valence-corrected chi connectivity index (χ3v) is 4.20. The van der Waals surface area contributed by atoms with E-state index in [9.17, 15) is 4.79 Å². The zero-order valence-corrected chi connectivity index (χ0v) is 11.7. The summed E-state index contributed by atoms with van der Waals surface area (Å²) >= 11 is 0. The second-order valence-corrected chi connectivity index (χ2v) is 5.36. The third kappa shape index (κ3) is 2.39. The Morgan fingerprint density at radius 3 is 2.20 bits per heavy atom. The SMILES string of the molecule is C[C@H](c1ccccc1)N1CC[C@@H]1C(=O)c1ccccc1. The zero-order chi connectivity index (χ0) is 13.9. The van der Waals surface area contributed by atoms with Crippen molar-refractivity contribution in [1.29, 1.82) is 0 Å². The van der Waals surface area contributed by atoms with Gasteiger partial charge in [0.2, 0.25) is 0 Å².